The number of nitrogens with zero attached hydrogens (tertiary/aromatic N) is 3. The monoisotopic (exact) mass is 358 g/mol. The Morgan fingerprint density at radius 3 is 2.30 bits per heavy atom. The Hall–Kier alpha value is -3.87. The van der Waals surface area contributed by atoms with Gasteiger partial charge in [-0.15, -0.1) is 0 Å². The second-order valence-electron chi connectivity index (χ2n) is 5.87. The third-order valence-electron chi connectivity index (χ3n) is 3.99. The minimum absolute atomic E-state index is 0.446. The van der Waals surface area contributed by atoms with Crippen LogP contribution < -0.4 is 21.1 Å². The van der Waals surface area contributed by atoms with Gasteiger partial charge in [0.1, 0.15) is 11.6 Å². The van der Waals surface area contributed by atoms with Crippen LogP contribution >= 0.6 is 0 Å². The van der Waals surface area contributed by atoms with Crippen molar-refractivity contribution in [1.82, 2.24) is 15.0 Å². The molecule has 0 aliphatic heterocycles. The lowest BCUT2D eigenvalue weighted by Crippen LogP contribution is -2.03. The molecule has 0 bridgehead atoms. The van der Waals surface area contributed by atoms with Crippen LogP contribution in [0, 0.1) is 0 Å². The second-order valence-corrected chi connectivity index (χ2v) is 5.87. The number of hydrogen-bond acceptors (Lipinski definition) is 7. The molecule has 2 aromatic carbocycles. The average molecular weight is 358 g/mol. The Morgan fingerprint density at radius 2 is 1.56 bits per heavy atom. The van der Waals surface area contributed by atoms with E-state index in [1.807, 2.05) is 60.7 Å². The Kier molecular flexibility index (Phi) is 4.40. The predicted molar refractivity (Wildman–Crippen MR) is 108 cm³/mol. The molecule has 4 rings (SSSR count). The number of methoxy groups -OCH3 is 1. The molecule has 0 radical (unpaired) electrons. The Bertz CT molecular complexity index is 1060. The number of pyridine rings is 1. The number of nitrogens with two attached hydrogens (primary N) is 1. The van der Waals surface area contributed by atoms with E-state index in [0.717, 1.165) is 22.5 Å². The minimum Gasteiger partial charge on any atom is -0.497 e. The number of anilines is 5. The summed E-state index contributed by atoms with van der Waals surface area (Å²) in [5.74, 6) is 1.90. The molecule has 134 valence electrons. The maximum absolute atomic E-state index is 5.74. The van der Waals surface area contributed by atoms with Crippen molar-refractivity contribution in [3.8, 4) is 5.75 Å². The van der Waals surface area contributed by atoms with Crippen LogP contribution in [-0.4, -0.2) is 22.1 Å². The third kappa shape index (κ3) is 3.72. The maximum Gasteiger partial charge on any atom is 0.231 e. The van der Waals surface area contributed by atoms with Gasteiger partial charge in [0.15, 0.2) is 5.65 Å². The fraction of sp³-hybridized carbons (Fsp3) is 0.0500. The molecule has 0 fully saturated rings. The summed E-state index contributed by atoms with van der Waals surface area (Å²) in [5.41, 5.74) is 8.76. The molecule has 2 aromatic heterocycles. The summed E-state index contributed by atoms with van der Waals surface area (Å²) in [6, 6.07) is 18.8. The highest BCUT2D eigenvalue weighted by Crippen LogP contribution is 2.26. The first kappa shape index (κ1) is 16.6. The first-order valence-corrected chi connectivity index (χ1v) is 8.38. The topological polar surface area (TPSA) is 98.0 Å². The van der Waals surface area contributed by atoms with Gasteiger partial charge >= 0.3 is 0 Å². The van der Waals surface area contributed by atoms with Crippen molar-refractivity contribution in [2.24, 2.45) is 0 Å². The number of nitrogens with one attached hydrogen (secondary N) is 2. The van der Waals surface area contributed by atoms with Crippen LogP contribution in [0.3, 0.4) is 0 Å². The molecule has 2 heterocycles. The van der Waals surface area contributed by atoms with Crippen molar-refractivity contribution in [1.29, 1.82) is 0 Å². The minimum atomic E-state index is 0.446. The molecule has 0 amide bonds. The van der Waals surface area contributed by atoms with Gasteiger partial charge < -0.3 is 21.1 Å². The molecule has 4 N–H and O–H groups in total. The quantitative estimate of drug-likeness (QED) is 0.462. The van der Waals surface area contributed by atoms with Crippen molar-refractivity contribution >= 4 is 39.9 Å². The highest BCUT2D eigenvalue weighted by Gasteiger charge is 2.09. The molecule has 4 aromatic rings. The SMILES string of the molecule is COc1ccc(Nc2nc(Nc3ccc(N)cc3)nc3ncccc23)cc1. The molecule has 0 unspecified atom stereocenters. The molecule has 0 spiro atoms. The number of nitrogen functional groups attached to an aromatic ring is 1. The Morgan fingerprint density at radius 1 is 0.852 bits per heavy atom. The zero-order valence-corrected chi connectivity index (χ0v) is 14.7. The summed E-state index contributed by atoms with van der Waals surface area (Å²) in [7, 11) is 1.64. The van der Waals surface area contributed by atoms with E-state index in [4.69, 9.17) is 10.5 Å². The summed E-state index contributed by atoms with van der Waals surface area (Å²) < 4.78 is 5.20. The van der Waals surface area contributed by atoms with Crippen molar-refractivity contribution in [2.75, 3.05) is 23.5 Å². The molecular formula is C20H18N6O. The number of aromatic nitrogens is 3. The predicted octanol–water partition coefficient (Wildman–Crippen LogP) is 4.10. The van der Waals surface area contributed by atoms with E-state index in [-0.39, 0.29) is 0 Å². The lowest BCUT2D eigenvalue weighted by Gasteiger charge is -2.12. The standard InChI is InChI=1S/C20H18N6O/c1-27-16-10-8-14(9-11-16)23-19-17-3-2-12-22-18(17)25-20(26-19)24-15-6-4-13(21)5-7-15/h2-12H,21H2,1H3,(H2,22,23,24,25,26). The van der Waals surface area contributed by atoms with E-state index in [0.29, 0.717) is 23.1 Å². The zero-order chi connectivity index (χ0) is 18.6. The van der Waals surface area contributed by atoms with Crippen LogP contribution in [0.25, 0.3) is 11.0 Å². The van der Waals surface area contributed by atoms with Gasteiger partial charge in [-0.3, -0.25) is 0 Å². The molecular weight excluding hydrogens is 340 g/mol. The van der Waals surface area contributed by atoms with Gasteiger partial charge in [-0.25, -0.2) is 4.98 Å². The summed E-state index contributed by atoms with van der Waals surface area (Å²) in [6.07, 6.45) is 1.71. The highest BCUT2D eigenvalue weighted by molar-refractivity contribution is 5.89. The highest BCUT2D eigenvalue weighted by atomic mass is 16.5. The number of fused-ring (bicyclic) bond motifs is 1. The average Bonchev–Trinajstić information content (AvgIpc) is 2.70. The number of ether oxygens (including phenoxy) is 1. The van der Waals surface area contributed by atoms with Crippen LogP contribution in [0.1, 0.15) is 0 Å². The smallest absolute Gasteiger partial charge is 0.231 e. The van der Waals surface area contributed by atoms with Crippen molar-refractivity contribution < 1.29 is 4.74 Å². The van der Waals surface area contributed by atoms with Crippen LogP contribution in [0.15, 0.2) is 66.9 Å². The van der Waals surface area contributed by atoms with Gasteiger partial charge in [0.25, 0.3) is 0 Å². The summed E-state index contributed by atoms with van der Waals surface area (Å²) in [5, 5.41) is 7.35. The van der Waals surface area contributed by atoms with Crippen molar-refractivity contribution in [3.63, 3.8) is 0 Å². The van der Waals surface area contributed by atoms with Gasteiger partial charge in [-0.05, 0) is 60.7 Å². The van der Waals surface area contributed by atoms with E-state index in [1.165, 1.54) is 0 Å². The maximum atomic E-state index is 5.74. The van der Waals surface area contributed by atoms with E-state index in [2.05, 4.69) is 25.6 Å². The molecule has 7 nitrogen and oxygen atoms in total. The number of rotatable bonds is 5. The number of benzene rings is 2. The molecule has 0 aliphatic rings. The second kappa shape index (κ2) is 7.17. The van der Waals surface area contributed by atoms with Crippen LogP contribution in [0.4, 0.5) is 28.8 Å². The third-order valence-corrected chi connectivity index (χ3v) is 3.99. The largest absolute Gasteiger partial charge is 0.497 e. The van der Waals surface area contributed by atoms with Gasteiger partial charge in [-0.1, -0.05) is 0 Å². The summed E-state index contributed by atoms with van der Waals surface area (Å²) in [4.78, 5) is 13.5. The zero-order valence-electron chi connectivity index (χ0n) is 14.7. The van der Waals surface area contributed by atoms with E-state index in [1.54, 1.807) is 13.3 Å². The molecule has 0 saturated heterocycles. The van der Waals surface area contributed by atoms with Crippen LogP contribution in [0.2, 0.25) is 0 Å². The Balaban J connectivity index is 1.70. The van der Waals surface area contributed by atoms with Crippen LogP contribution in [-0.2, 0) is 0 Å². The molecule has 27 heavy (non-hydrogen) atoms. The normalized spacial score (nSPS) is 10.6. The van der Waals surface area contributed by atoms with Crippen molar-refractivity contribution in [3.05, 3.63) is 66.9 Å². The van der Waals surface area contributed by atoms with E-state index in [9.17, 15) is 0 Å². The molecule has 0 aliphatic carbocycles. The molecule has 0 saturated carbocycles. The number of hydrogen-bond donors (Lipinski definition) is 3. The summed E-state index contributed by atoms with van der Waals surface area (Å²) in [6.45, 7) is 0. The van der Waals surface area contributed by atoms with Gasteiger partial charge in [0.05, 0.1) is 12.5 Å². The Labute approximate surface area is 156 Å². The lowest BCUT2D eigenvalue weighted by atomic mass is 10.2. The van der Waals surface area contributed by atoms with Gasteiger partial charge in [0, 0.05) is 23.3 Å². The van der Waals surface area contributed by atoms with E-state index >= 15 is 0 Å². The van der Waals surface area contributed by atoms with E-state index < -0.39 is 0 Å². The van der Waals surface area contributed by atoms with Gasteiger partial charge in [-0.2, -0.15) is 9.97 Å². The first-order chi connectivity index (χ1) is 13.2. The fourth-order valence-electron chi connectivity index (χ4n) is 2.62. The van der Waals surface area contributed by atoms with Crippen LogP contribution in [0.5, 0.6) is 5.75 Å². The molecule has 7 heteroatoms. The first-order valence-electron chi connectivity index (χ1n) is 8.38. The summed E-state index contributed by atoms with van der Waals surface area (Å²) >= 11 is 0. The van der Waals surface area contributed by atoms with Crippen molar-refractivity contribution in [2.45, 2.75) is 0 Å². The van der Waals surface area contributed by atoms with Gasteiger partial charge in [0.2, 0.25) is 5.95 Å². The lowest BCUT2D eigenvalue weighted by molar-refractivity contribution is 0.415. The molecule has 0 atom stereocenters. The fourth-order valence-corrected chi connectivity index (χ4v) is 2.62.